The van der Waals surface area contributed by atoms with Crippen molar-refractivity contribution in [1.29, 1.82) is 5.26 Å². The minimum Gasteiger partial charge on any atom is -0.441 e. The molecule has 2 unspecified atom stereocenters. The number of carbonyl (C=O) groups excluding carboxylic acids is 1. The molecule has 6 rings (SSSR count). The van der Waals surface area contributed by atoms with Crippen LogP contribution in [0, 0.1) is 16.7 Å². The fraction of sp³-hybridized carbons (Fsp3) is 0.385. The van der Waals surface area contributed by atoms with Crippen molar-refractivity contribution in [3.05, 3.63) is 59.4 Å². The summed E-state index contributed by atoms with van der Waals surface area (Å²) >= 11 is 1.61. The van der Waals surface area contributed by atoms with Crippen LogP contribution in [0.15, 0.2) is 48.2 Å². The summed E-state index contributed by atoms with van der Waals surface area (Å²) in [7, 11) is 0. The largest absolute Gasteiger partial charge is 0.441 e. The first-order valence-corrected chi connectivity index (χ1v) is 12.5. The lowest BCUT2D eigenvalue weighted by Crippen LogP contribution is -2.44. The number of imidazole rings is 1. The van der Waals surface area contributed by atoms with Gasteiger partial charge < -0.3 is 9.30 Å². The zero-order valence-electron chi connectivity index (χ0n) is 19.0. The third-order valence-corrected chi connectivity index (χ3v) is 8.25. The van der Waals surface area contributed by atoms with Gasteiger partial charge in [0.15, 0.2) is 0 Å². The van der Waals surface area contributed by atoms with Crippen LogP contribution in [0.4, 0.5) is 4.79 Å². The number of pyridine rings is 1. The number of nitriles is 1. The van der Waals surface area contributed by atoms with Gasteiger partial charge in [0.25, 0.3) is 0 Å². The molecular weight excluding hydrogens is 446 g/mol. The topological polar surface area (TPSA) is 84.0 Å². The molecule has 8 heteroatoms. The lowest BCUT2D eigenvalue weighted by molar-refractivity contribution is -0.0270. The van der Waals surface area contributed by atoms with Crippen LogP contribution in [0.25, 0.3) is 21.3 Å². The summed E-state index contributed by atoms with van der Waals surface area (Å²) in [5, 5.41) is 12.5. The van der Waals surface area contributed by atoms with E-state index in [0.29, 0.717) is 18.7 Å². The van der Waals surface area contributed by atoms with Gasteiger partial charge in [0, 0.05) is 18.1 Å². The third-order valence-electron chi connectivity index (χ3n) is 7.30. The Morgan fingerprint density at radius 2 is 2.18 bits per heavy atom. The molecule has 2 fully saturated rings. The van der Waals surface area contributed by atoms with Gasteiger partial charge in [-0.2, -0.15) is 5.26 Å². The van der Waals surface area contributed by atoms with Gasteiger partial charge in [-0.15, -0.1) is 11.3 Å². The van der Waals surface area contributed by atoms with Crippen LogP contribution in [-0.2, 0) is 17.8 Å². The molecule has 0 N–H and O–H groups in total. The Hall–Kier alpha value is -3.44. The number of nitrogens with zero attached hydrogens (tertiary/aromatic N) is 5. The van der Waals surface area contributed by atoms with E-state index in [2.05, 4.69) is 39.0 Å². The Labute approximate surface area is 201 Å². The highest BCUT2D eigenvalue weighted by Gasteiger charge is 2.51. The fourth-order valence-corrected chi connectivity index (χ4v) is 6.78. The number of hydrogen-bond donors (Lipinski definition) is 0. The van der Waals surface area contributed by atoms with Gasteiger partial charge in [-0.1, -0.05) is 13.0 Å². The number of benzene rings is 1. The van der Waals surface area contributed by atoms with Gasteiger partial charge in [0.05, 0.1) is 42.1 Å². The lowest BCUT2D eigenvalue weighted by atomic mass is 9.68. The molecular formula is C26H25N5O2S. The summed E-state index contributed by atoms with van der Waals surface area (Å²) in [6.45, 7) is 4.22. The van der Waals surface area contributed by atoms with Crippen molar-refractivity contribution < 1.29 is 9.53 Å². The SMILES string of the molecule is CC1(Cn2cnc3ccc(C#N)cc32)CCCC2(CN(Cc3csc4ncccc34)C(=O)O2)C1. The molecule has 1 spiro atoms. The second-order valence-corrected chi connectivity index (χ2v) is 10.9. The van der Waals surface area contributed by atoms with Crippen LogP contribution in [-0.4, -0.2) is 37.7 Å². The molecule has 1 aliphatic heterocycles. The summed E-state index contributed by atoms with van der Waals surface area (Å²) in [6, 6.07) is 11.8. The van der Waals surface area contributed by atoms with Crippen LogP contribution in [0.1, 0.15) is 43.7 Å². The predicted octanol–water partition coefficient (Wildman–Crippen LogP) is 5.49. The van der Waals surface area contributed by atoms with Crippen molar-refractivity contribution in [2.75, 3.05) is 6.54 Å². The first-order valence-electron chi connectivity index (χ1n) is 11.6. The number of aromatic nitrogens is 3. The van der Waals surface area contributed by atoms with Crippen molar-refractivity contribution in [2.45, 2.75) is 51.3 Å². The molecule has 4 heterocycles. The van der Waals surface area contributed by atoms with Crippen LogP contribution in [0.5, 0.6) is 0 Å². The van der Waals surface area contributed by atoms with Crippen LogP contribution < -0.4 is 0 Å². The molecule has 172 valence electrons. The average molecular weight is 472 g/mol. The van der Waals surface area contributed by atoms with Crippen molar-refractivity contribution in [2.24, 2.45) is 5.41 Å². The number of thiophene rings is 1. The Morgan fingerprint density at radius 3 is 3.06 bits per heavy atom. The smallest absolute Gasteiger partial charge is 0.410 e. The molecule has 1 saturated carbocycles. The van der Waals surface area contributed by atoms with Crippen LogP contribution in [0.2, 0.25) is 0 Å². The van der Waals surface area contributed by atoms with E-state index in [4.69, 9.17) is 4.74 Å². The van der Waals surface area contributed by atoms with E-state index >= 15 is 0 Å². The monoisotopic (exact) mass is 471 g/mol. The molecule has 2 atom stereocenters. The van der Waals surface area contributed by atoms with Gasteiger partial charge in [-0.25, -0.2) is 14.8 Å². The third kappa shape index (κ3) is 3.61. The highest BCUT2D eigenvalue weighted by molar-refractivity contribution is 7.16. The molecule has 1 aromatic carbocycles. The zero-order valence-corrected chi connectivity index (χ0v) is 19.8. The second kappa shape index (κ2) is 7.81. The predicted molar refractivity (Wildman–Crippen MR) is 130 cm³/mol. The van der Waals surface area contributed by atoms with E-state index < -0.39 is 5.60 Å². The molecule has 7 nitrogen and oxygen atoms in total. The number of rotatable bonds is 4. The van der Waals surface area contributed by atoms with E-state index in [1.807, 2.05) is 29.4 Å². The maximum absolute atomic E-state index is 12.9. The molecule has 1 aliphatic carbocycles. The van der Waals surface area contributed by atoms with E-state index in [1.165, 1.54) is 0 Å². The van der Waals surface area contributed by atoms with E-state index in [0.717, 1.165) is 59.0 Å². The molecule has 2 aliphatic rings. The Balaban J connectivity index is 1.22. The van der Waals surface area contributed by atoms with Crippen molar-refractivity contribution in [3.63, 3.8) is 0 Å². The van der Waals surface area contributed by atoms with Gasteiger partial charge >= 0.3 is 6.09 Å². The van der Waals surface area contributed by atoms with E-state index in [1.54, 1.807) is 23.6 Å². The molecule has 3 aromatic heterocycles. The highest BCUT2D eigenvalue weighted by Crippen LogP contribution is 2.47. The number of amides is 1. The molecule has 1 saturated heterocycles. The van der Waals surface area contributed by atoms with Gasteiger partial charge in [0.1, 0.15) is 10.4 Å². The summed E-state index contributed by atoms with van der Waals surface area (Å²) in [5.41, 5.74) is 3.13. The van der Waals surface area contributed by atoms with Crippen LogP contribution >= 0.6 is 11.3 Å². The van der Waals surface area contributed by atoms with E-state index in [9.17, 15) is 10.1 Å². The first kappa shape index (κ1) is 21.1. The van der Waals surface area contributed by atoms with Crippen molar-refractivity contribution in [1.82, 2.24) is 19.4 Å². The molecule has 0 bridgehead atoms. The zero-order chi connectivity index (χ0) is 23.3. The fourth-order valence-electron chi connectivity index (χ4n) is 5.87. The summed E-state index contributed by atoms with van der Waals surface area (Å²) in [4.78, 5) is 24.7. The second-order valence-electron chi connectivity index (χ2n) is 10.1. The van der Waals surface area contributed by atoms with Crippen molar-refractivity contribution in [3.8, 4) is 6.07 Å². The molecule has 1 amide bonds. The number of ether oxygens (including phenoxy) is 1. The quantitative estimate of drug-likeness (QED) is 0.393. The molecule has 0 radical (unpaired) electrons. The normalized spacial score (nSPS) is 24.7. The summed E-state index contributed by atoms with van der Waals surface area (Å²) in [5.74, 6) is 0. The highest BCUT2D eigenvalue weighted by atomic mass is 32.1. The van der Waals surface area contributed by atoms with Crippen molar-refractivity contribution >= 4 is 38.7 Å². The molecule has 34 heavy (non-hydrogen) atoms. The van der Waals surface area contributed by atoms with Crippen LogP contribution in [0.3, 0.4) is 0 Å². The lowest BCUT2D eigenvalue weighted by Gasteiger charge is -2.43. The molecule has 4 aromatic rings. The number of fused-ring (bicyclic) bond motifs is 2. The Bertz CT molecular complexity index is 1450. The summed E-state index contributed by atoms with van der Waals surface area (Å²) < 4.78 is 8.26. The standard InChI is InChI=1S/C26H25N5O2S/c1-25(15-31-17-29-21-6-5-18(11-27)10-22(21)31)7-3-8-26(14-25)16-30(24(32)33-26)12-19-13-34-23-20(19)4-2-9-28-23/h2,4-6,9-10,13,17H,3,7-8,12,14-16H2,1H3. The minimum absolute atomic E-state index is 0.0379. The van der Waals surface area contributed by atoms with E-state index in [-0.39, 0.29) is 11.5 Å². The minimum atomic E-state index is -0.456. The maximum Gasteiger partial charge on any atom is 0.410 e. The summed E-state index contributed by atoms with van der Waals surface area (Å²) in [6.07, 6.45) is 7.21. The first-order chi connectivity index (χ1) is 16.5. The Morgan fingerprint density at radius 1 is 1.26 bits per heavy atom. The van der Waals surface area contributed by atoms with Gasteiger partial charge in [0.2, 0.25) is 0 Å². The maximum atomic E-state index is 12.9. The van der Waals surface area contributed by atoms with Gasteiger partial charge in [-0.3, -0.25) is 4.90 Å². The van der Waals surface area contributed by atoms with Gasteiger partial charge in [-0.05, 0) is 66.3 Å². The average Bonchev–Trinajstić information content (AvgIpc) is 3.50. The Kier molecular flexibility index (Phi) is 4.85. The number of hydrogen-bond acceptors (Lipinski definition) is 6. The number of carbonyl (C=O) groups is 1.